The molecule has 0 radical (unpaired) electrons. The van der Waals surface area contributed by atoms with E-state index in [2.05, 4.69) is 5.32 Å². The molecule has 3 nitrogen and oxygen atoms in total. The molecular weight excluding hydrogens is 330 g/mol. The monoisotopic (exact) mass is 383 g/mol. The van der Waals surface area contributed by atoms with Gasteiger partial charge in [0.2, 0.25) is 0 Å². The van der Waals surface area contributed by atoms with E-state index in [1.54, 1.807) is 0 Å². The molecule has 0 aromatic heterocycles. The molecule has 0 spiro atoms. The quantitative estimate of drug-likeness (QED) is 0.171. The van der Waals surface area contributed by atoms with Gasteiger partial charge in [-0.05, 0) is 51.9 Å². The standard InChI is InChI=1S/C24H53N3/c25-21-17-13-9-5-1-3-7-11-15-19-23-27-24-20-16-12-8-4-2-6-10-14-18-22-26/h27H,1-26H2. The fourth-order valence-corrected chi connectivity index (χ4v) is 3.74. The van der Waals surface area contributed by atoms with Gasteiger partial charge in [-0.3, -0.25) is 0 Å². The van der Waals surface area contributed by atoms with Crippen LogP contribution >= 0.6 is 0 Å². The minimum Gasteiger partial charge on any atom is -0.330 e. The van der Waals surface area contributed by atoms with Gasteiger partial charge in [-0.15, -0.1) is 0 Å². The Morgan fingerprint density at radius 1 is 0.296 bits per heavy atom. The van der Waals surface area contributed by atoms with Crippen LogP contribution in [0.3, 0.4) is 0 Å². The molecule has 3 heteroatoms. The molecule has 0 atom stereocenters. The van der Waals surface area contributed by atoms with Crippen molar-refractivity contribution in [2.45, 2.75) is 128 Å². The Hall–Kier alpha value is -0.120. The van der Waals surface area contributed by atoms with Crippen molar-refractivity contribution in [3.05, 3.63) is 0 Å². The summed E-state index contributed by atoms with van der Waals surface area (Å²) in [5.41, 5.74) is 11.0. The van der Waals surface area contributed by atoms with Crippen LogP contribution in [0.4, 0.5) is 0 Å². The summed E-state index contributed by atoms with van der Waals surface area (Å²) in [6.45, 7) is 4.18. The molecule has 0 saturated heterocycles. The average molecular weight is 384 g/mol. The second-order valence-electron chi connectivity index (χ2n) is 8.40. The predicted molar refractivity (Wildman–Crippen MR) is 123 cm³/mol. The van der Waals surface area contributed by atoms with Crippen molar-refractivity contribution in [1.29, 1.82) is 0 Å². The molecule has 164 valence electrons. The molecule has 0 fully saturated rings. The van der Waals surface area contributed by atoms with E-state index in [0.29, 0.717) is 0 Å². The van der Waals surface area contributed by atoms with E-state index in [1.807, 2.05) is 0 Å². The smallest absolute Gasteiger partial charge is 0.00489 e. The number of nitrogens with one attached hydrogen (secondary N) is 1. The lowest BCUT2D eigenvalue weighted by Crippen LogP contribution is -2.16. The molecule has 0 aromatic rings. The third-order valence-corrected chi connectivity index (χ3v) is 5.62. The Labute approximate surface area is 171 Å². The third kappa shape index (κ3) is 25.9. The van der Waals surface area contributed by atoms with Crippen molar-refractivity contribution in [3.63, 3.8) is 0 Å². The van der Waals surface area contributed by atoms with Crippen molar-refractivity contribution in [1.82, 2.24) is 5.32 Å². The number of nitrogens with two attached hydrogens (primary N) is 2. The second kappa shape index (κ2) is 25.9. The van der Waals surface area contributed by atoms with E-state index in [4.69, 9.17) is 11.5 Å². The van der Waals surface area contributed by atoms with Crippen molar-refractivity contribution < 1.29 is 0 Å². The molecule has 0 rings (SSSR count). The van der Waals surface area contributed by atoms with Crippen molar-refractivity contribution in [2.24, 2.45) is 11.5 Å². The first kappa shape index (κ1) is 26.9. The summed E-state index contributed by atoms with van der Waals surface area (Å²) >= 11 is 0. The second-order valence-corrected chi connectivity index (χ2v) is 8.40. The maximum atomic E-state index is 5.51. The Morgan fingerprint density at radius 2 is 0.519 bits per heavy atom. The Bertz CT molecular complexity index is 222. The van der Waals surface area contributed by atoms with Crippen molar-refractivity contribution >= 4 is 0 Å². The first-order valence-corrected chi connectivity index (χ1v) is 12.5. The summed E-state index contributed by atoms with van der Waals surface area (Å²) < 4.78 is 0. The Morgan fingerprint density at radius 3 is 0.778 bits per heavy atom. The molecule has 0 saturated carbocycles. The van der Waals surface area contributed by atoms with Gasteiger partial charge in [-0.2, -0.15) is 0 Å². The highest BCUT2D eigenvalue weighted by Crippen LogP contribution is 2.11. The predicted octanol–water partition coefficient (Wildman–Crippen LogP) is 6.30. The third-order valence-electron chi connectivity index (χ3n) is 5.62. The topological polar surface area (TPSA) is 64.1 Å². The molecule has 0 unspecified atom stereocenters. The summed E-state index contributed by atoms with van der Waals surface area (Å²) in [5.74, 6) is 0. The minimum absolute atomic E-state index is 0.865. The molecule has 0 aliphatic heterocycles. The number of hydrogen-bond acceptors (Lipinski definition) is 3. The average Bonchev–Trinajstić information content (AvgIpc) is 2.68. The van der Waals surface area contributed by atoms with Gasteiger partial charge in [-0.1, -0.05) is 103 Å². The van der Waals surface area contributed by atoms with Gasteiger partial charge in [0, 0.05) is 0 Å². The first-order chi connectivity index (χ1) is 13.4. The summed E-state index contributed by atoms with van der Waals surface area (Å²) in [5, 5.41) is 3.63. The zero-order chi connectivity index (χ0) is 19.7. The van der Waals surface area contributed by atoms with Crippen molar-refractivity contribution in [2.75, 3.05) is 26.2 Å². The zero-order valence-corrected chi connectivity index (χ0v) is 18.6. The summed E-state index contributed by atoms with van der Waals surface area (Å²) in [6, 6.07) is 0. The van der Waals surface area contributed by atoms with Crippen LogP contribution in [0.2, 0.25) is 0 Å². The highest BCUT2D eigenvalue weighted by molar-refractivity contribution is 4.53. The van der Waals surface area contributed by atoms with Crippen LogP contribution in [0, 0.1) is 0 Å². The summed E-state index contributed by atoms with van der Waals surface area (Å²) in [4.78, 5) is 0. The van der Waals surface area contributed by atoms with Gasteiger partial charge in [-0.25, -0.2) is 0 Å². The lowest BCUT2D eigenvalue weighted by atomic mass is 10.1. The molecule has 0 aliphatic rings. The molecule has 0 heterocycles. The van der Waals surface area contributed by atoms with Gasteiger partial charge >= 0.3 is 0 Å². The number of hydrogen-bond donors (Lipinski definition) is 3. The van der Waals surface area contributed by atoms with E-state index in [-0.39, 0.29) is 0 Å². The largest absolute Gasteiger partial charge is 0.330 e. The highest BCUT2D eigenvalue weighted by Gasteiger charge is 1.95. The molecule has 5 N–H and O–H groups in total. The van der Waals surface area contributed by atoms with Gasteiger partial charge in [0.25, 0.3) is 0 Å². The molecule has 27 heavy (non-hydrogen) atoms. The van der Waals surface area contributed by atoms with E-state index in [0.717, 1.165) is 13.1 Å². The van der Waals surface area contributed by atoms with Crippen LogP contribution in [-0.2, 0) is 0 Å². The lowest BCUT2D eigenvalue weighted by Gasteiger charge is -2.06. The zero-order valence-electron chi connectivity index (χ0n) is 18.6. The molecule has 0 aromatic carbocycles. The number of rotatable bonds is 24. The molecular formula is C24H53N3. The maximum Gasteiger partial charge on any atom is -0.00489 e. The summed E-state index contributed by atoms with van der Waals surface area (Å²) in [6.07, 6.45) is 27.7. The van der Waals surface area contributed by atoms with E-state index in [1.165, 1.54) is 142 Å². The van der Waals surface area contributed by atoms with Crippen LogP contribution in [0.1, 0.15) is 128 Å². The van der Waals surface area contributed by atoms with E-state index < -0.39 is 0 Å². The molecule has 0 bridgehead atoms. The van der Waals surface area contributed by atoms with Crippen LogP contribution in [-0.4, -0.2) is 26.2 Å². The fraction of sp³-hybridized carbons (Fsp3) is 1.00. The van der Waals surface area contributed by atoms with Crippen molar-refractivity contribution in [3.8, 4) is 0 Å². The van der Waals surface area contributed by atoms with Gasteiger partial charge in [0.1, 0.15) is 0 Å². The highest BCUT2D eigenvalue weighted by atomic mass is 14.8. The number of unbranched alkanes of at least 4 members (excludes halogenated alkanes) is 18. The van der Waals surface area contributed by atoms with E-state index in [9.17, 15) is 0 Å². The van der Waals surface area contributed by atoms with Gasteiger partial charge in [0.15, 0.2) is 0 Å². The SMILES string of the molecule is NCCCCCCCCCCCCNCCCCCCCCCCCCN. The van der Waals surface area contributed by atoms with Crippen LogP contribution in [0.5, 0.6) is 0 Å². The fourth-order valence-electron chi connectivity index (χ4n) is 3.74. The Balaban J connectivity index is 2.95. The van der Waals surface area contributed by atoms with Crippen LogP contribution < -0.4 is 16.8 Å². The molecule has 0 aliphatic carbocycles. The summed E-state index contributed by atoms with van der Waals surface area (Å²) in [7, 11) is 0. The van der Waals surface area contributed by atoms with Gasteiger partial charge in [0.05, 0.1) is 0 Å². The normalized spacial score (nSPS) is 11.3. The Kier molecular flexibility index (Phi) is 25.8. The van der Waals surface area contributed by atoms with Crippen LogP contribution in [0.25, 0.3) is 0 Å². The molecule has 0 amide bonds. The minimum atomic E-state index is 0.865. The van der Waals surface area contributed by atoms with Gasteiger partial charge < -0.3 is 16.8 Å². The van der Waals surface area contributed by atoms with Crippen LogP contribution in [0.15, 0.2) is 0 Å². The van der Waals surface area contributed by atoms with E-state index >= 15 is 0 Å². The first-order valence-electron chi connectivity index (χ1n) is 12.5. The lowest BCUT2D eigenvalue weighted by molar-refractivity contribution is 0.524. The maximum absolute atomic E-state index is 5.51.